The maximum Gasteiger partial charge on any atom is 0.339 e. The van der Waals surface area contributed by atoms with E-state index in [1.54, 1.807) is 6.33 Å². The molecule has 0 unspecified atom stereocenters. The highest BCUT2D eigenvalue weighted by atomic mass is 32.1. The van der Waals surface area contributed by atoms with E-state index in [2.05, 4.69) is 37.4 Å². The fraction of sp³-hybridized carbons (Fsp3) is 0.214. The van der Waals surface area contributed by atoms with Crippen molar-refractivity contribution in [3.05, 3.63) is 77.7 Å². The van der Waals surface area contributed by atoms with Gasteiger partial charge in [0.25, 0.3) is 0 Å². The Hall–Kier alpha value is -3.88. The van der Waals surface area contributed by atoms with Gasteiger partial charge in [-0.15, -0.1) is 11.3 Å². The SMILES string of the molecule is Cc1cccc(-c2[nH]cnc2-c2ccc3ncc(-c4cc(C(=O)OC5CCNCC5)cs4)cc3c2)n1. The van der Waals surface area contributed by atoms with Crippen molar-refractivity contribution in [1.82, 2.24) is 25.3 Å². The molecule has 0 atom stereocenters. The summed E-state index contributed by atoms with van der Waals surface area (Å²) in [6, 6.07) is 16.1. The smallest absolute Gasteiger partial charge is 0.339 e. The molecule has 1 aliphatic rings. The highest BCUT2D eigenvalue weighted by Crippen LogP contribution is 2.33. The topological polar surface area (TPSA) is 92.8 Å². The first-order valence-electron chi connectivity index (χ1n) is 12.0. The molecule has 6 rings (SSSR count). The van der Waals surface area contributed by atoms with Gasteiger partial charge in [0.05, 0.1) is 34.5 Å². The van der Waals surface area contributed by atoms with Crippen LogP contribution in [0.1, 0.15) is 28.9 Å². The van der Waals surface area contributed by atoms with Gasteiger partial charge >= 0.3 is 5.97 Å². The largest absolute Gasteiger partial charge is 0.459 e. The molecular weight excluding hydrogens is 470 g/mol. The molecule has 0 radical (unpaired) electrons. The summed E-state index contributed by atoms with van der Waals surface area (Å²) >= 11 is 1.53. The molecule has 1 aromatic carbocycles. The van der Waals surface area contributed by atoms with Crippen molar-refractivity contribution in [2.24, 2.45) is 0 Å². The number of ether oxygens (including phenoxy) is 1. The van der Waals surface area contributed by atoms with E-state index in [9.17, 15) is 4.79 Å². The quantitative estimate of drug-likeness (QED) is 0.307. The van der Waals surface area contributed by atoms with Gasteiger partial charge in [0, 0.05) is 38.7 Å². The Morgan fingerprint density at radius 1 is 1.06 bits per heavy atom. The summed E-state index contributed by atoms with van der Waals surface area (Å²) in [6.45, 7) is 3.75. The van der Waals surface area contributed by atoms with Crippen molar-refractivity contribution in [1.29, 1.82) is 0 Å². The van der Waals surface area contributed by atoms with E-state index in [0.717, 1.165) is 75.6 Å². The lowest BCUT2D eigenvalue weighted by Crippen LogP contribution is -2.33. The molecule has 4 aromatic heterocycles. The molecule has 180 valence electrons. The van der Waals surface area contributed by atoms with E-state index in [1.807, 2.05) is 54.9 Å². The summed E-state index contributed by atoms with van der Waals surface area (Å²) in [5.74, 6) is -0.253. The average molecular weight is 496 g/mol. The number of esters is 1. The van der Waals surface area contributed by atoms with E-state index >= 15 is 0 Å². The molecule has 1 saturated heterocycles. The average Bonchev–Trinajstić information content (AvgIpc) is 3.59. The van der Waals surface area contributed by atoms with Crippen molar-refractivity contribution in [2.75, 3.05) is 13.1 Å². The number of imidazole rings is 1. The van der Waals surface area contributed by atoms with Gasteiger partial charge in [-0.05, 0) is 69.3 Å². The lowest BCUT2D eigenvalue weighted by atomic mass is 10.0. The van der Waals surface area contributed by atoms with Gasteiger partial charge in [-0.25, -0.2) is 9.78 Å². The first-order valence-corrected chi connectivity index (χ1v) is 12.9. The van der Waals surface area contributed by atoms with Crippen molar-refractivity contribution in [2.45, 2.75) is 25.9 Å². The van der Waals surface area contributed by atoms with Crippen LogP contribution in [-0.4, -0.2) is 45.1 Å². The van der Waals surface area contributed by atoms with E-state index in [1.165, 1.54) is 11.3 Å². The van der Waals surface area contributed by atoms with Crippen LogP contribution in [0.15, 0.2) is 66.4 Å². The van der Waals surface area contributed by atoms with Crippen LogP contribution < -0.4 is 5.32 Å². The lowest BCUT2D eigenvalue weighted by molar-refractivity contribution is 0.0230. The Morgan fingerprint density at radius 2 is 1.92 bits per heavy atom. The lowest BCUT2D eigenvalue weighted by Gasteiger charge is -2.22. The van der Waals surface area contributed by atoms with E-state index in [0.29, 0.717) is 5.56 Å². The number of hydrogen-bond donors (Lipinski definition) is 2. The van der Waals surface area contributed by atoms with Gasteiger partial charge in [-0.3, -0.25) is 9.97 Å². The zero-order valence-corrected chi connectivity index (χ0v) is 20.6. The standard InChI is InChI=1S/C28H25N5O2S/c1-17-3-2-4-24(33-17)27-26(31-16-32-27)18-5-6-23-19(11-18)12-20(14-30-23)25-13-21(15-36-25)28(34)35-22-7-9-29-10-8-22/h2-6,11-16,22,29H,7-10H2,1H3,(H,31,32). The number of benzene rings is 1. The van der Waals surface area contributed by atoms with Crippen LogP contribution in [-0.2, 0) is 4.74 Å². The number of piperidine rings is 1. The molecule has 2 N–H and O–H groups in total. The summed E-state index contributed by atoms with van der Waals surface area (Å²) in [5.41, 5.74) is 6.99. The Kier molecular flexibility index (Phi) is 6.04. The molecule has 1 aliphatic heterocycles. The predicted molar refractivity (Wildman–Crippen MR) is 142 cm³/mol. The second-order valence-electron chi connectivity index (χ2n) is 8.98. The number of aromatic nitrogens is 4. The van der Waals surface area contributed by atoms with Crippen LogP contribution in [0.4, 0.5) is 0 Å². The number of nitrogens with one attached hydrogen (secondary N) is 2. The normalized spacial score (nSPS) is 14.2. The Labute approximate surface area is 212 Å². The third-order valence-electron chi connectivity index (χ3n) is 6.42. The van der Waals surface area contributed by atoms with Crippen molar-refractivity contribution in [3.63, 3.8) is 0 Å². The number of carbonyl (C=O) groups is 1. The van der Waals surface area contributed by atoms with E-state index in [4.69, 9.17) is 4.74 Å². The molecule has 8 heteroatoms. The van der Waals surface area contributed by atoms with Gasteiger partial charge in [0.1, 0.15) is 6.10 Å². The number of hydrogen-bond acceptors (Lipinski definition) is 7. The predicted octanol–water partition coefficient (Wildman–Crippen LogP) is 5.63. The Bertz CT molecular complexity index is 1550. The van der Waals surface area contributed by atoms with Gasteiger partial charge in [0.2, 0.25) is 0 Å². The van der Waals surface area contributed by atoms with Crippen LogP contribution in [0.25, 0.3) is 44.0 Å². The first kappa shape index (κ1) is 22.6. The van der Waals surface area contributed by atoms with Crippen molar-refractivity contribution >= 4 is 28.2 Å². The third kappa shape index (κ3) is 4.53. The number of fused-ring (bicyclic) bond motifs is 1. The molecule has 0 bridgehead atoms. The van der Waals surface area contributed by atoms with Crippen LogP contribution in [0.5, 0.6) is 0 Å². The Balaban J connectivity index is 1.28. The number of aryl methyl sites for hydroxylation is 1. The van der Waals surface area contributed by atoms with Gasteiger partial charge in [0.15, 0.2) is 0 Å². The minimum Gasteiger partial charge on any atom is -0.459 e. The first-order chi connectivity index (χ1) is 17.6. The van der Waals surface area contributed by atoms with Gasteiger partial charge in [-0.1, -0.05) is 12.1 Å². The third-order valence-corrected chi connectivity index (χ3v) is 7.40. The maximum absolute atomic E-state index is 12.6. The van der Waals surface area contributed by atoms with Crippen LogP contribution >= 0.6 is 11.3 Å². The molecule has 36 heavy (non-hydrogen) atoms. The fourth-order valence-corrected chi connectivity index (χ4v) is 5.39. The zero-order valence-electron chi connectivity index (χ0n) is 19.8. The minimum absolute atomic E-state index is 0.00945. The molecule has 0 saturated carbocycles. The number of thiophene rings is 1. The fourth-order valence-electron chi connectivity index (χ4n) is 4.53. The highest BCUT2D eigenvalue weighted by Gasteiger charge is 2.20. The molecule has 5 heterocycles. The summed E-state index contributed by atoms with van der Waals surface area (Å²) in [7, 11) is 0. The molecule has 0 aliphatic carbocycles. The minimum atomic E-state index is -0.253. The highest BCUT2D eigenvalue weighted by molar-refractivity contribution is 7.13. The van der Waals surface area contributed by atoms with E-state index < -0.39 is 0 Å². The number of aromatic amines is 1. The van der Waals surface area contributed by atoms with Crippen molar-refractivity contribution < 1.29 is 9.53 Å². The number of carbonyl (C=O) groups excluding carboxylic acids is 1. The second kappa shape index (κ2) is 9.64. The summed E-state index contributed by atoms with van der Waals surface area (Å²) in [5, 5.41) is 6.16. The molecule has 5 aromatic rings. The second-order valence-corrected chi connectivity index (χ2v) is 9.89. The van der Waals surface area contributed by atoms with Gasteiger partial charge in [-0.2, -0.15) is 0 Å². The van der Waals surface area contributed by atoms with Crippen LogP contribution in [0.2, 0.25) is 0 Å². The molecule has 7 nitrogen and oxygen atoms in total. The number of pyridine rings is 2. The van der Waals surface area contributed by atoms with E-state index in [-0.39, 0.29) is 12.1 Å². The Morgan fingerprint density at radius 3 is 2.78 bits per heavy atom. The number of H-pyrrole nitrogens is 1. The number of nitrogens with zero attached hydrogens (tertiary/aromatic N) is 3. The molecule has 0 spiro atoms. The molecule has 0 amide bonds. The molecule has 1 fully saturated rings. The maximum atomic E-state index is 12.6. The molecular formula is C28H25N5O2S. The van der Waals surface area contributed by atoms with Crippen LogP contribution in [0, 0.1) is 6.92 Å². The summed E-state index contributed by atoms with van der Waals surface area (Å²) < 4.78 is 5.71. The van der Waals surface area contributed by atoms with Gasteiger partial charge < -0.3 is 15.0 Å². The summed E-state index contributed by atoms with van der Waals surface area (Å²) in [4.78, 5) is 30.8. The summed E-state index contributed by atoms with van der Waals surface area (Å²) in [6.07, 6.45) is 5.26. The monoisotopic (exact) mass is 495 g/mol. The van der Waals surface area contributed by atoms with Crippen molar-refractivity contribution in [3.8, 4) is 33.1 Å². The zero-order chi connectivity index (χ0) is 24.5. The number of rotatable bonds is 5. The van der Waals surface area contributed by atoms with Crippen LogP contribution in [0.3, 0.4) is 0 Å².